The highest BCUT2D eigenvalue weighted by Crippen LogP contribution is 2.32. The van der Waals surface area contributed by atoms with Gasteiger partial charge in [-0.05, 0) is 44.9 Å². The van der Waals surface area contributed by atoms with E-state index in [2.05, 4.69) is 10.6 Å². The van der Waals surface area contributed by atoms with Crippen molar-refractivity contribution in [2.45, 2.75) is 90.9 Å². The number of hydrogen-bond donors (Lipinski definition) is 3. The summed E-state index contributed by atoms with van der Waals surface area (Å²) in [4.78, 5) is 73.7. The minimum Gasteiger partial charge on any atom is -0.467 e. The van der Waals surface area contributed by atoms with Gasteiger partial charge >= 0.3 is 30.0 Å². The van der Waals surface area contributed by atoms with Crippen LogP contribution in [-0.2, 0) is 54.2 Å². The van der Waals surface area contributed by atoms with Crippen molar-refractivity contribution in [1.82, 2.24) is 10.6 Å². The van der Waals surface area contributed by atoms with Crippen molar-refractivity contribution in [2.75, 3.05) is 20.2 Å². The molecule has 250 valence electrons. The molecule has 1 fully saturated rings. The number of methoxy groups -OCH3 is 1. The van der Waals surface area contributed by atoms with E-state index in [1.54, 1.807) is 20.8 Å². The maximum Gasteiger partial charge on any atom is 0.407 e. The molecule has 0 bridgehead atoms. The molecule has 2 amide bonds. The first-order chi connectivity index (χ1) is 21.1. The number of ether oxygens (including phenoxy) is 7. The van der Waals surface area contributed by atoms with Crippen LogP contribution in [0, 0.1) is 0 Å². The number of alkyl carbamates (subject to hydrolysis) is 1. The van der Waals surface area contributed by atoms with Crippen molar-refractivity contribution >= 4 is 35.9 Å². The van der Waals surface area contributed by atoms with E-state index in [1.165, 1.54) is 18.2 Å². The molecule has 0 aromatic heterocycles. The molecule has 2 rings (SSSR count). The molecule has 0 unspecified atom stereocenters. The molecule has 5 atom stereocenters. The fourth-order valence-electron chi connectivity index (χ4n) is 4.15. The molecule has 1 aromatic carbocycles. The van der Waals surface area contributed by atoms with E-state index < -0.39 is 78.8 Å². The summed E-state index contributed by atoms with van der Waals surface area (Å²) < 4.78 is 37.6. The number of carbonyl (C=O) groups is 6. The fraction of sp³-hybridized carbons (Fsp3) is 0.586. The Morgan fingerprint density at radius 2 is 1.44 bits per heavy atom. The van der Waals surface area contributed by atoms with Crippen molar-refractivity contribution in [3.63, 3.8) is 0 Å². The molecular formula is C29H40N2O14. The number of aliphatic hydroxyl groups excluding tert-OH is 1. The first-order valence-corrected chi connectivity index (χ1v) is 14.0. The van der Waals surface area contributed by atoms with Gasteiger partial charge in [0.1, 0.15) is 11.4 Å². The summed E-state index contributed by atoms with van der Waals surface area (Å²) in [5, 5.41) is 14.9. The Balaban J connectivity index is 2.36. The highest BCUT2D eigenvalue weighted by Gasteiger charge is 2.56. The van der Waals surface area contributed by atoms with Crippen LogP contribution in [0.15, 0.2) is 18.2 Å². The summed E-state index contributed by atoms with van der Waals surface area (Å²) in [7, 11) is 1.05. The van der Waals surface area contributed by atoms with E-state index in [9.17, 15) is 33.9 Å². The lowest BCUT2D eigenvalue weighted by Crippen LogP contribution is -2.64. The van der Waals surface area contributed by atoms with Crippen LogP contribution in [0.3, 0.4) is 0 Å². The standard InChI is InChI=1S/C29H40N2O14/c1-15(33)40-21-22(41-16(2)34)24(42-17(3)35)27(44-23(21)26(37)39-7)43-20-10-9-18(14-32)13-19(20)25(36)30-11-8-12-31-28(38)45-29(4,5)6/h9-10,13,21-24,27,32H,8,11-12,14H2,1-7H3,(H,30,36)(H,31,38)/t21-,22-,23-,24+,27+/m0/s1. The third-order valence-corrected chi connectivity index (χ3v) is 5.86. The van der Waals surface area contributed by atoms with Gasteiger partial charge in [-0.2, -0.15) is 0 Å². The fourth-order valence-corrected chi connectivity index (χ4v) is 4.15. The van der Waals surface area contributed by atoms with Gasteiger partial charge in [-0.3, -0.25) is 19.2 Å². The Morgan fingerprint density at radius 1 is 0.867 bits per heavy atom. The van der Waals surface area contributed by atoms with Crippen LogP contribution in [0.5, 0.6) is 5.75 Å². The normalized spacial score (nSPS) is 21.0. The molecule has 45 heavy (non-hydrogen) atoms. The maximum absolute atomic E-state index is 13.2. The third-order valence-electron chi connectivity index (χ3n) is 5.86. The van der Waals surface area contributed by atoms with Gasteiger partial charge in [0.2, 0.25) is 12.4 Å². The van der Waals surface area contributed by atoms with E-state index >= 15 is 0 Å². The van der Waals surface area contributed by atoms with Gasteiger partial charge in [-0.15, -0.1) is 0 Å². The molecule has 1 aromatic rings. The van der Waals surface area contributed by atoms with Crippen molar-refractivity contribution in [3.8, 4) is 5.75 Å². The lowest BCUT2D eigenvalue weighted by atomic mass is 9.97. The molecule has 1 aliphatic heterocycles. The molecule has 1 aliphatic rings. The number of amides is 2. The van der Waals surface area contributed by atoms with Crippen LogP contribution in [-0.4, -0.2) is 97.5 Å². The monoisotopic (exact) mass is 640 g/mol. The SMILES string of the molecule is COC(=O)[C@H]1O[C@@H](Oc2ccc(CO)cc2C(=O)NCCCNC(=O)OC(C)(C)C)[C@H](OC(C)=O)[C@@H](OC(C)=O)[C@@H]1OC(C)=O. The number of nitrogens with one attached hydrogen (secondary N) is 2. The number of hydrogen-bond acceptors (Lipinski definition) is 14. The van der Waals surface area contributed by atoms with Crippen LogP contribution in [0.4, 0.5) is 4.79 Å². The highest BCUT2D eigenvalue weighted by molar-refractivity contribution is 5.97. The Bertz CT molecular complexity index is 1240. The van der Waals surface area contributed by atoms with E-state index in [-0.39, 0.29) is 24.4 Å². The zero-order chi connectivity index (χ0) is 33.9. The topological polar surface area (TPSA) is 211 Å². The molecule has 16 heteroatoms. The summed E-state index contributed by atoms with van der Waals surface area (Å²) in [5.74, 6) is -4.39. The summed E-state index contributed by atoms with van der Waals surface area (Å²) >= 11 is 0. The summed E-state index contributed by atoms with van der Waals surface area (Å²) in [6.45, 7) is 8.23. The van der Waals surface area contributed by atoms with Gasteiger partial charge in [0.25, 0.3) is 5.91 Å². The first-order valence-electron chi connectivity index (χ1n) is 14.0. The van der Waals surface area contributed by atoms with Gasteiger partial charge in [0.15, 0.2) is 18.3 Å². The number of esters is 4. The quantitative estimate of drug-likeness (QED) is 0.165. The van der Waals surface area contributed by atoms with Gasteiger partial charge < -0.3 is 48.9 Å². The summed E-state index contributed by atoms with van der Waals surface area (Å²) in [6.07, 6.45) is -8.46. The zero-order valence-electron chi connectivity index (χ0n) is 26.2. The van der Waals surface area contributed by atoms with Crippen LogP contribution in [0.25, 0.3) is 0 Å². The smallest absolute Gasteiger partial charge is 0.407 e. The molecule has 0 aliphatic carbocycles. The first kappa shape index (κ1) is 36.8. The average molecular weight is 641 g/mol. The average Bonchev–Trinajstić information content (AvgIpc) is 2.93. The predicted octanol–water partition coefficient (Wildman–Crippen LogP) is 0.895. The van der Waals surface area contributed by atoms with Gasteiger partial charge in [0.05, 0.1) is 19.3 Å². The van der Waals surface area contributed by atoms with Gasteiger partial charge in [-0.1, -0.05) is 6.07 Å². The van der Waals surface area contributed by atoms with Crippen molar-refractivity contribution in [1.29, 1.82) is 0 Å². The maximum atomic E-state index is 13.2. The molecule has 16 nitrogen and oxygen atoms in total. The second-order valence-electron chi connectivity index (χ2n) is 10.8. The minimum atomic E-state index is -1.70. The highest BCUT2D eigenvalue weighted by atomic mass is 16.7. The van der Waals surface area contributed by atoms with Crippen LogP contribution in [0.2, 0.25) is 0 Å². The second-order valence-corrected chi connectivity index (χ2v) is 10.8. The van der Waals surface area contributed by atoms with E-state index in [0.717, 1.165) is 27.9 Å². The van der Waals surface area contributed by atoms with Crippen molar-refractivity contribution in [3.05, 3.63) is 29.3 Å². The molecular weight excluding hydrogens is 600 g/mol. The second kappa shape index (κ2) is 16.6. The van der Waals surface area contributed by atoms with Crippen LogP contribution < -0.4 is 15.4 Å². The molecule has 1 heterocycles. The van der Waals surface area contributed by atoms with Gasteiger partial charge in [-0.25, -0.2) is 9.59 Å². The van der Waals surface area contributed by atoms with E-state index in [4.69, 9.17) is 33.2 Å². The minimum absolute atomic E-state index is 0.0763. The summed E-state index contributed by atoms with van der Waals surface area (Å²) in [6, 6.07) is 4.13. The summed E-state index contributed by atoms with van der Waals surface area (Å²) in [5.41, 5.74) is -0.396. The predicted molar refractivity (Wildman–Crippen MR) is 152 cm³/mol. The Labute approximate surface area is 259 Å². The molecule has 0 radical (unpaired) electrons. The molecule has 0 saturated carbocycles. The van der Waals surface area contributed by atoms with Crippen LogP contribution in [0.1, 0.15) is 63.9 Å². The Morgan fingerprint density at radius 3 is 2.00 bits per heavy atom. The third kappa shape index (κ3) is 11.5. The number of carbonyl (C=O) groups excluding carboxylic acids is 6. The zero-order valence-corrected chi connectivity index (χ0v) is 26.2. The number of rotatable bonds is 12. The number of aliphatic hydroxyl groups is 1. The van der Waals surface area contributed by atoms with Crippen molar-refractivity contribution in [2.24, 2.45) is 0 Å². The van der Waals surface area contributed by atoms with Crippen LogP contribution >= 0.6 is 0 Å². The molecule has 0 spiro atoms. The molecule has 1 saturated heterocycles. The Hall–Kier alpha value is -4.44. The largest absolute Gasteiger partial charge is 0.467 e. The lowest BCUT2D eigenvalue weighted by molar-refractivity contribution is -0.282. The van der Waals surface area contributed by atoms with E-state index in [0.29, 0.717) is 12.0 Å². The van der Waals surface area contributed by atoms with Crippen molar-refractivity contribution < 1.29 is 67.0 Å². The Kier molecular flexibility index (Phi) is 13.5. The van der Waals surface area contributed by atoms with E-state index in [1.807, 2.05) is 0 Å². The lowest BCUT2D eigenvalue weighted by Gasteiger charge is -2.43. The molecule has 3 N–H and O–H groups in total. The number of benzene rings is 1. The van der Waals surface area contributed by atoms with Gasteiger partial charge in [0, 0.05) is 33.9 Å².